The minimum absolute atomic E-state index is 0.0718. The first-order valence-corrected chi connectivity index (χ1v) is 4.78. The number of hydrogen-bond acceptors (Lipinski definition) is 2. The Bertz CT molecular complexity index is 196. The first-order valence-electron chi connectivity index (χ1n) is 4.78. The third-order valence-electron chi connectivity index (χ3n) is 2.16. The summed E-state index contributed by atoms with van der Waals surface area (Å²) in [6, 6.07) is 1.73. The van der Waals surface area contributed by atoms with Gasteiger partial charge in [-0.25, -0.2) is 0 Å². The highest BCUT2D eigenvalue weighted by Gasteiger charge is 2.13. The molecule has 1 amide bonds. The van der Waals surface area contributed by atoms with Crippen molar-refractivity contribution < 1.29 is 4.79 Å². The van der Waals surface area contributed by atoms with Crippen LogP contribution in [0.3, 0.4) is 0 Å². The summed E-state index contributed by atoms with van der Waals surface area (Å²) in [7, 11) is 1.68. The van der Waals surface area contributed by atoms with Gasteiger partial charge in [-0.3, -0.25) is 4.79 Å². The zero-order valence-electron chi connectivity index (χ0n) is 8.71. The van der Waals surface area contributed by atoms with Gasteiger partial charge < -0.3 is 4.90 Å². The van der Waals surface area contributed by atoms with E-state index in [-0.39, 0.29) is 11.9 Å². The van der Waals surface area contributed by atoms with Crippen LogP contribution in [0.15, 0.2) is 0 Å². The fourth-order valence-electron chi connectivity index (χ4n) is 1.01. The van der Waals surface area contributed by atoms with E-state index in [9.17, 15) is 4.79 Å². The molecule has 0 bridgehead atoms. The van der Waals surface area contributed by atoms with Gasteiger partial charge in [-0.2, -0.15) is 5.26 Å². The quantitative estimate of drug-likeness (QED) is 0.610. The maximum atomic E-state index is 11.4. The average molecular weight is 182 g/mol. The predicted molar refractivity (Wildman–Crippen MR) is 52.0 cm³/mol. The smallest absolute Gasteiger partial charge is 0.223 e. The van der Waals surface area contributed by atoms with Crippen LogP contribution in [-0.2, 0) is 4.79 Å². The normalized spacial score (nSPS) is 11.8. The second kappa shape index (κ2) is 6.47. The number of hydrogen-bond donors (Lipinski definition) is 0. The van der Waals surface area contributed by atoms with E-state index in [1.807, 2.05) is 6.07 Å². The first kappa shape index (κ1) is 12.0. The number of amides is 1. The van der Waals surface area contributed by atoms with Crippen LogP contribution in [0.1, 0.15) is 39.5 Å². The molecule has 0 heterocycles. The van der Waals surface area contributed by atoms with Crippen molar-refractivity contribution in [3.8, 4) is 6.07 Å². The van der Waals surface area contributed by atoms with Crippen molar-refractivity contribution >= 4 is 5.91 Å². The molecule has 0 aliphatic heterocycles. The van der Waals surface area contributed by atoms with E-state index < -0.39 is 0 Å². The van der Waals surface area contributed by atoms with E-state index in [1.165, 1.54) is 4.90 Å². The highest BCUT2D eigenvalue weighted by Crippen LogP contribution is 2.04. The molecule has 1 unspecified atom stereocenters. The minimum atomic E-state index is -0.311. The second-order valence-corrected chi connectivity index (χ2v) is 3.27. The van der Waals surface area contributed by atoms with Gasteiger partial charge in [0.05, 0.1) is 6.07 Å². The molecule has 1 atom stereocenters. The van der Waals surface area contributed by atoms with Gasteiger partial charge in [0.15, 0.2) is 0 Å². The molecule has 0 radical (unpaired) electrons. The average Bonchev–Trinajstić information content (AvgIpc) is 2.15. The zero-order valence-corrected chi connectivity index (χ0v) is 8.71. The largest absolute Gasteiger partial charge is 0.330 e. The lowest BCUT2D eigenvalue weighted by Gasteiger charge is -2.19. The lowest BCUT2D eigenvalue weighted by atomic mass is 10.2. The first-order chi connectivity index (χ1) is 6.13. The van der Waals surface area contributed by atoms with Gasteiger partial charge in [-0.15, -0.1) is 0 Å². The number of nitrogens with zero attached hydrogens (tertiary/aromatic N) is 2. The number of nitriles is 1. The van der Waals surface area contributed by atoms with E-state index in [0.29, 0.717) is 6.42 Å². The Morgan fingerprint density at radius 2 is 2.15 bits per heavy atom. The van der Waals surface area contributed by atoms with Crippen molar-refractivity contribution in [3.05, 3.63) is 0 Å². The molecule has 0 spiro atoms. The molecule has 13 heavy (non-hydrogen) atoms. The Kier molecular flexibility index (Phi) is 5.96. The van der Waals surface area contributed by atoms with E-state index >= 15 is 0 Å². The summed E-state index contributed by atoms with van der Waals surface area (Å²) in [5.74, 6) is 0.0718. The lowest BCUT2D eigenvalue weighted by molar-refractivity contribution is -0.130. The van der Waals surface area contributed by atoms with E-state index in [2.05, 4.69) is 6.92 Å². The maximum Gasteiger partial charge on any atom is 0.223 e. The van der Waals surface area contributed by atoms with Crippen molar-refractivity contribution in [2.75, 3.05) is 7.05 Å². The van der Waals surface area contributed by atoms with Gasteiger partial charge in [-0.1, -0.05) is 19.8 Å². The van der Waals surface area contributed by atoms with Crippen LogP contribution in [0.25, 0.3) is 0 Å². The number of carbonyl (C=O) groups excluding carboxylic acids is 1. The monoisotopic (exact) mass is 182 g/mol. The van der Waals surface area contributed by atoms with Crippen molar-refractivity contribution in [2.24, 2.45) is 0 Å². The molecule has 0 saturated heterocycles. The molecule has 3 nitrogen and oxygen atoms in total. The SMILES string of the molecule is CCCCCC(=O)N(C)C(C)C#N. The van der Waals surface area contributed by atoms with Crippen molar-refractivity contribution in [1.29, 1.82) is 5.26 Å². The summed E-state index contributed by atoms with van der Waals surface area (Å²) in [5.41, 5.74) is 0. The van der Waals surface area contributed by atoms with E-state index in [0.717, 1.165) is 19.3 Å². The standard InChI is InChI=1S/C10H18N2O/c1-4-5-6-7-10(13)12(3)9(2)8-11/h9H,4-7H2,1-3H3. The lowest BCUT2D eigenvalue weighted by Crippen LogP contribution is -2.33. The van der Waals surface area contributed by atoms with Crippen LogP contribution in [0, 0.1) is 11.3 Å². The van der Waals surface area contributed by atoms with Gasteiger partial charge in [0.2, 0.25) is 5.91 Å². The highest BCUT2D eigenvalue weighted by molar-refractivity contribution is 5.76. The van der Waals surface area contributed by atoms with Crippen LogP contribution in [0.2, 0.25) is 0 Å². The molecule has 0 saturated carbocycles. The van der Waals surface area contributed by atoms with Gasteiger partial charge in [0.1, 0.15) is 6.04 Å². The Balaban J connectivity index is 3.77. The van der Waals surface area contributed by atoms with Crippen molar-refractivity contribution in [3.63, 3.8) is 0 Å². The topological polar surface area (TPSA) is 44.1 Å². The molecule has 0 aromatic carbocycles. The van der Waals surface area contributed by atoms with Gasteiger partial charge in [-0.05, 0) is 13.3 Å². The van der Waals surface area contributed by atoms with Crippen molar-refractivity contribution in [2.45, 2.75) is 45.6 Å². The third-order valence-corrected chi connectivity index (χ3v) is 2.16. The molecule has 74 valence electrons. The number of rotatable bonds is 5. The fraction of sp³-hybridized carbons (Fsp3) is 0.800. The van der Waals surface area contributed by atoms with Gasteiger partial charge in [0.25, 0.3) is 0 Å². The molecular weight excluding hydrogens is 164 g/mol. The summed E-state index contributed by atoms with van der Waals surface area (Å²) >= 11 is 0. The Morgan fingerprint density at radius 3 is 2.62 bits per heavy atom. The minimum Gasteiger partial charge on any atom is -0.330 e. The number of unbranched alkanes of at least 4 members (excludes halogenated alkanes) is 2. The summed E-state index contributed by atoms with van der Waals surface area (Å²) in [4.78, 5) is 12.9. The van der Waals surface area contributed by atoms with Crippen LogP contribution < -0.4 is 0 Å². The van der Waals surface area contributed by atoms with Gasteiger partial charge in [0, 0.05) is 13.5 Å². The Hall–Kier alpha value is -1.04. The highest BCUT2D eigenvalue weighted by atomic mass is 16.2. The molecule has 0 aliphatic rings. The Morgan fingerprint density at radius 1 is 1.54 bits per heavy atom. The van der Waals surface area contributed by atoms with Crippen LogP contribution >= 0.6 is 0 Å². The molecule has 0 fully saturated rings. The van der Waals surface area contributed by atoms with E-state index in [1.54, 1.807) is 14.0 Å². The molecule has 3 heteroatoms. The molecule has 0 aliphatic carbocycles. The zero-order chi connectivity index (χ0) is 10.3. The molecule has 0 rings (SSSR count). The molecule has 0 N–H and O–H groups in total. The summed E-state index contributed by atoms with van der Waals surface area (Å²) in [6.07, 6.45) is 3.69. The molecule has 0 aromatic rings. The second-order valence-electron chi connectivity index (χ2n) is 3.27. The third kappa shape index (κ3) is 4.51. The molecule has 0 aromatic heterocycles. The summed E-state index contributed by atoms with van der Waals surface area (Å²) in [6.45, 7) is 3.84. The summed E-state index contributed by atoms with van der Waals surface area (Å²) in [5, 5.41) is 8.58. The fourth-order valence-corrected chi connectivity index (χ4v) is 1.01. The van der Waals surface area contributed by atoms with Gasteiger partial charge >= 0.3 is 0 Å². The number of carbonyl (C=O) groups is 1. The maximum absolute atomic E-state index is 11.4. The van der Waals surface area contributed by atoms with Crippen molar-refractivity contribution in [1.82, 2.24) is 4.90 Å². The van der Waals surface area contributed by atoms with Crippen LogP contribution in [0.5, 0.6) is 0 Å². The molecular formula is C10H18N2O. The van der Waals surface area contributed by atoms with Crippen LogP contribution in [0.4, 0.5) is 0 Å². The van der Waals surface area contributed by atoms with E-state index in [4.69, 9.17) is 5.26 Å². The van der Waals surface area contributed by atoms with Crippen LogP contribution in [-0.4, -0.2) is 23.9 Å². The summed E-state index contributed by atoms with van der Waals surface area (Å²) < 4.78 is 0. The Labute approximate surface area is 80.3 Å². The predicted octanol–water partition coefficient (Wildman–Crippen LogP) is 1.94.